The number of anilines is 1. The molecule has 0 aliphatic rings. The summed E-state index contributed by atoms with van der Waals surface area (Å²) in [5.41, 5.74) is 8.98. The van der Waals surface area contributed by atoms with Gasteiger partial charge in [-0.1, -0.05) is 24.3 Å². The maximum atomic E-state index is 12.4. The minimum Gasteiger partial charge on any atom is -0.398 e. The van der Waals surface area contributed by atoms with Crippen molar-refractivity contribution >= 4 is 33.0 Å². The molecule has 0 fully saturated rings. The smallest absolute Gasteiger partial charge is 0.170 e. The molecule has 100 valence electrons. The topological polar surface area (TPSA) is 56.0 Å². The quantitative estimate of drug-likeness (QED) is 0.589. The lowest BCUT2D eigenvalue weighted by Crippen LogP contribution is -2.07. The number of hydrogen-bond acceptors (Lipinski definition) is 4. The molecule has 1 aromatic heterocycles. The Morgan fingerprint density at radius 3 is 2.80 bits per heavy atom. The van der Waals surface area contributed by atoms with Crippen LogP contribution in [0.3, 0.4) is 0 Å². The van der Waals surface area contributed by atoms with E-state index >= 15 is 0 Å². The van der Waals surface area contributed by atoms with Gasteiger partial charge in [0.25, 0.3) is 0 Å². The van der Waals surface area contributed by atoms with Crippen LogP contribution in [0.15, 0.2) is 42.5 Å². The van der Waals surface area contributed by atoms with E-state index < -0.39 is 0 Å². The molecule has 0 spiro atoms. The Morgan fingerprint density at radius 1 is 1.20 bits per heavy atom. The van der Waals surface area contributed by atoms with Crippen molar-refractivity contribution in [2.75, 3.05) is 5.73 Å². The second kappa shape index (κ2) is 5.06. The first-order valence-electron chi connectivity index (χ1n) is 6.38. The largest absolute Gasteiger partial charge is 0.398 e. The lowest BCUT2D eigenvalue weighted by Gasteiger charge is -2.06. The van der Waals surface area contributed by atoms with Crippen LogP contribution in [0.25, 0.3) is 10.2 Å². The van der Waals surface area contributed by atoms with E-state index in [-0.39, 0.29) is 5.78 Å². The van der Waals surface area contributed by atoms with E-state index in [9.17, 15) is 4.79 Å². The highest BCUT2D eigenvalue weighted by atomic mass is 32.1. The zero-order valence-corrected chi connectivity index (χ0v) is 11.9. The van der Waals surface area contributed by atoms with Crippen LogP contribution in [0.2, 0.25) is 0 Å². The number of para-hydroxylation sites is 1. The molecule has 0 aliphatic heterocycles. The summed E-state index contributed by atoms with van der Waals surface area (Å²) < 4.78 is 1.11. The van der Waals surface area contributed by atoms with Crippen molar-refractivity contribution in [1.82, 2.24) is 4.98 Å². The van der Waals surface area contributed by atoms with E-state index in [0.717, 1.165) is 20.8 Å². The molecule has 0 radical (unpaired) electrons. The molecule has 2 N–H and O–H groups in total. The summed E-state index contributed by atoms with van der Waals surface area (Å²) in [6.07, 6.45) is 0.323. The van der Waals surface area contributed by atoms with E-state index in [4.69, 9.17) is 5.73 Å². The van der Waals surface area contributed by atoms with Crippen molar-refractivity contribution in [2.24, 2.45) is 0 Å². The zero-order valence-electron chi connectivity index (χ0n) is 11.1. The van der Waals surface area contributed by atoms with Crippen LogP contribution in [-0.4, -0.2) is 10.8 Å². The van der Waals surface area contributed by atoms with Gasteiger partial charge in [0, 0.05) is 11.3 Å². The van der Waals surface area contributed by atoms with E-state index in [1.807, 2.05) is 49.4 Å². The second-order valence-electron chi connectivity index (χ2n) is 4.70. The van der Waals surface area contributed by atoms with Crippen LogP contribution >= 0.6 is 11.3 Å². The predicted octanol–water partition coefficient (Wildman–Crippen LogP) is 3.61. The molecular weight excluding hydrogens is 268 g/mol. The molecule has 0 amide bonds. The van der Waals surface area contributed by atoms with E-state index in [2.05, 4.69) is 4.98 Å². The number of nitrogens with two attached hydrogens (primary N) is 1. The number of ketones is 1. The van der Waals surface area contributed by atoms with Gasteiger partial charge >= 0.3 is 0 Å². The summed E-state index contributed by atoms with van der Waals surface area (Å²) in [7, 11) is 0. The summed E-state index contributed by atoms with van der Waals surface area (Å²) in [6, 6.07) is 13.4. The molecule has 0 aliphatic carbocycles. The van der Waals surface area contributed by atoms with Crippen molar-refractivity contribution in [2.45, 2.75) is 13.3 Å². The molecule has 0 saturated carbocycles. The first kappa shape index (κ1) is 12.8. The first-order valence-corrected chi connectivity index (χ1v) is 7.19. The highest BCUT2D eigenvalue weighted by Gasteiger charge is 2.13. The highest BCUT2D eigenvalue weighted by Crippen LogP contribution is 2.24. The molecule has 1 heterocycles. The fraction of sp³-hybridized carbons (Fsp3) is 0.125. The predicted molar refractivity (Wildman–Crippen MR) is 83.2 cm³/mol. The number of aromatic nitrogens is 1. The molecule has 3 nitrogen and oxygen atoms in total. The van der Waals surface area contributed by atoms with Crippen LogP contribution in [0.1, 0.15) is 20.9 Å². The molecular formula is C16H14N2OS. The van der Waals surface area contributed by atoms with Crippen LogP contribution in [0.5, 0.6) is 0 Å². The number of nitrogen functional groups attached to an aromatic ring is 1. The summed E-state index contributed by atoms with van der Waals surface area (Å²) in [5, 5.41) is 0.845. The van der Waals surface area contributed by atoms with E-state index in [0.29, 0.717) is 17.7 Å². The van der Waals surface area contributed by atoms with Gasteiger partial charge in [0.15, 0.2) is 5.78 Å². The third kappa shape index (κ3) is 2.30. The molecule has 0 bridgehead atoms. The van der Waals surface area contributed by atoms with Crippen molar-refractivity contribution in [3.63, 3.8) is 0 Å². The Bertz CT molecular complexity index is 759. The summed E-state index contributed by atoms with van der Waals surface area (Å²) in [6.45, 7) is 1.88. The van der Waals surface area contributed by atoms with Crippen LogP contribution in [0.4, 0.5) is 5.69 Å². The van der Waals surface area contributed by atoms with Crippen LogP contribution < -0.4 is 5.73 Å². The summed E-state index contributed by atoms with van der Waals surface area (Å²) in [5.74, 6) is 0.0638. The number of carbonyl (C=O) groups excluding carboxylic acids is 1. The van der Waals surface area contributed by atoms with Gasteiger partial charge in [0.1, 0.15) is 5.01 Å². The van der Waals surface area contributed by atoms with Gasteiger partial charge in [-0.3, -0.25) is 4.79 Å². The van der Waals surface area contributed by atoms with Crippen molar-refractivity contribution in [3.05, 3.63) is 58.6 Å². The summed E-state index contributed by atoms with van der Waals surface area (Å²) >= 11 is 1.57. The molecule has 2 aromatic carbocycles. The minimum absolute atomic E-state index is 0.0638. The highest BCUT2D eigenvalue weighted by molar-refractivity contribution is 7.18. The van der Waals surface area contributed by atoms with Gasteiger partial charge in [0.2, 0.25) is 0 Å². The molecule has 3 aromatic rings. The minimum atomic E-state index is 0.0638. The molecule has 3 rings (SSSR count). The summed E-state index contributed by atoms with van der Waals surface area (Å²) in [4.78, 5) is 16.9. The standard InChI is InChI=1S/C16H14N2OS/c1-10-11(5-4-6-12(10)17)14(19)9-16-18-13-7-2-3-8-15(13)20-16/h2-8H,9,17H2,1H3. The Morgan fingerprint density at radius 2 is 2.00 bits per heavy atom. The number of rotatable bonds is 3. The third-order valence-electron chi connectivity index (χ3n) is 3.33. The normalized spacial score (nSPS) is 10.8. The van der Waals surface area contributed by atoms with Gasteiger partial charge in [0.05, 0.1) is 16.6 Å². The second-order valence-corrected chi connectivity index (χ2v) is 5.81. The Kier molecular flexibility index (Phi) is 3.24. The van der Waals surface area contributed by atoms with Crippen molar-refractivity contribution in [1.29, 1.82) is 0 Å². The zero-order chi connectivity index (χ0) is 14.1. The average molecular weight is 282 g/mol. The van der Waals surface area contributed by atoms with Gasteiger partial charge in [-0.25, -0.2) is 4.98 Å². The first-order chi connectivity index (χ1) is 9.65. The number of carbonyl (C=O) groups is 1. The average Bonchev–Trinajstić information content (AvgIpc) is 2.83. The number of benzene rings is 2. The number of Topliss-reactive ketones (excluding diaryl/α,β-unsaturated/α-hetero) is 1. The van der Waals surface area contributed by atoms with E-state index in [1.54, 1.807) is 11.3 Å². The van der Waals surface area contributed by atoms with Crippen molar-refractivity contribution in [3.8, 4) is 0 Å². The van der Waals surface area contributed by atoms with Crippen LogP contribution in [-0.2, 0) is 6.42 Å². The Balaban J connectivity index is 1.90. The lowest BCUT2D eigenvalue weighted by atomic mass is 10.0. The van der Waals surface area contributed by atoms with Gasteiger partial charge in [-0.05, 0) is 30.7 Å². The molecule has 0 saturated heterocycles. The number of nitrogens with zero attached hydrogens (tertiary/aromatic N) is 1. The molecule has 20 heavy (non-hydrogen) atoms. The van der Waals surface area contributed by atoms with Gasteiger partial charge in [-0.15, -0.1) is 11.3 Å². The van der Waals surface area contributed by atoms with Gasteiger partial charge in [-0.2, -0.15) is 0 Å². The Hall–Kier alpha value is -2.20. The van der Waals surface area contributed by atoms with Crippen molar-refractivity contribution < 1.29 is 4.79 Å². The fourth-order valence-corrected chi connectivity index (χ4v) is 3.15. The number of hydrogen-bond donors (Lipinski definition) is 1. The molecule has 0 atom stereocenters. The number of fused-ring (bicyclic) bond motifs is 1. The molecule has 0 unspecified atom stereocenters. The van der Waals surface area contributed by atoms with Crippen LogP contribution in [0, 0.1) is 6.92 Å². The Labute approximate surface area is 121 Å². The maximum Gasteiger partial charge on any atom is 0.170 e. The van der Waals surface area contributed by atoms with Gasteiger partial charge < -0.3 is 5.73 Å². The van der Waals surface area contributed by atoms with E-state index in [1.165, 1.54) is 0 Å². The lowest BCUT2D eigenvalue weighted by molar-refractivity contribution is 0.0992. The number of thiazole rings is 1. The fourth-order valence-electron chi connectivity index (χ4n) is 2.18. The monoisotopic (exact) mass is 282 g/mol. The third-order valence-corrected chi connectivity index (χ3v) is 4.36. The molecule has 4 heteroatoms. The maximum absolute atomic E-state index is 12.4. The SMILES string of the molecule is Cc1c(N)cccc1C(=O)Cc1nc2ccccc2s1.